The van der Waals surface area contributed by atoms with E-state index >= 15 is 0 Å². The number of hydrogen-bond acceptors (Lipinski definition) is 5. The fourth-order valence-corrected chi connectivity index (χ4v) is 0.637. The zero-order valence-corrected chi connectivity index (χ0v) is 21.3. The monoisotopic (exact) mass is 462 g/mol. The number of aryl methyl sites for hydroxylation is 2. The molecule has 0 aliphatic carbocycles. The SMILES string of the molecule is C=C(N)C=O.CC(C)C.CC(C)C.CNC.Cc1ccc(C)cc1.O=C(O)O.O=C(O)O. The van der Waals surface area contributed by atoms with Gasteiger partial charge in [-0.3, -0.25) is 4.79 Å². The van der Waals surface area contributed by atoms with Crippen LogP contribution in [0.25, 0.3) is 0 Å². The molecule has 0 aromatic heterocycles. The van der Waals surface area contributed by atoms with Gasteiger partial charge in [0, 0.05) is 0 Å². The van der Waals surface area contributed by atoms with E-state index in [0.29, 0.717) is 6.29 Å². The smallest absolute Gasteiger partial charge is 0.450 e. The molecule has 32 heavy (non-hydrogen) atoms. The highest BCUT2D eigenvalue weighted by Crippen LogP contribution is 1.99. The van der Waals surface area contributed by atoms with Gasteiger partial charge in [0.15, 0.2) is 6.29 Å². The summed E-state index contributed by atoms with van der Waals surface area (Å²) in [5.41, 5.74) is 7.46. The molecule has 0 unspecified atom stereocenters. The van der Waals surface area contributed by atoms with Crippen molar-refractivity contribution in [2.75, 3.05) is 14.1 Å². The van der Waals surface area contributed by atoms with Crippen LogP contribution in [-0.4, -0.2) is 53.1 Å². The number of carbonyl (C=O) groups excluding carboxylic acids is 1. The second-order valence-corrected chi connectivity index (χ2v) is 7.38. The summed E-state index contributed by atoms with van der Waals surface area (Å²) in [7, 11) is 3.75. The molecule has 0 fully saturated rings. The van der Waals surface area contributed by atoms with Crippen molar-refractivity contribution in [3.8, 4) is 0 Å². The Morgan fingerprint density at radius 3 is 0.969 bits per heavy atom. The third-order valence-electron chi connectivity index (χ3n) is 1.37. The number of nitrogens with two attached hydrogens (primary N) is 1. The van der Waals surface area contributed by atoms with E-state index in [1.54, 1.807) is 0 Å². The Balaban J connectivity index is -0.0000000636. The van der Waals surface area contributed by atoms with Crippen LogP contribution in [-0.2, 0) is 4.79 Å². The van der Waals surface area contributed by atoms with Crippen LogP contribution in [0.2, 0.25) is 0 Å². The van der Waals surface area contributed by atoms with E-state index in [4.69, 9.17) is 35.7 Å². The average Bonchev–Trinajstić information content (AvgIpc) is 2.57. The maximum Gasteiger partial charge on any atom is 0.503 e. The minimum atomic E-state index is -1.83. The Bertz CT molecular complexity index is 491. The van der Waals surface area contributed by atoms with Gasteiger partial charge in [0.1, 0.15) is 0 Å². The lowest BCUT2D eigenvalue weighted by atomic mass is 10.2. The highest BCUT2D eigenvalue weighted by molar-refractivity contribution is 5.70. The third-order valence-corrected chi connectivity index (χ3v) is 1.37. The van der Waals surface area contributed by atoms with E-state index in [2.05, 4.69) is 91.6 Å². The standard InChI is InChI=1S/C8H10.2C4H10.C3H5NO.C2H7N.2CH2O3/c1-7-3-5-8(2)6-4-7;2*1-4(2)3;1-3(4)2-5;1-3-2;2*2-1(3)4/h3-6H,1-2H3;2*4H,1-3H3;2H,1,4H2;3H,1-2H3;2*(H2,2,3,4). The lowest BCUT2D eigenvalue weighted by Crippen LogP contribution is -1.92. The van der Waals surface area contributed by atoms with Crippen molar-refractivity contribution >= 4 is 18.6 Å². The molecule has 9 heteroatoms. The molecule has 0 aliphatic heterocycles. The predicted octanol–water partition coefficient (Wildman–Crippen LogP) is 5.57. The van der Waals surface area contributed by atoms with Crippen LogP contribution >= 0.6 is 0 Å². The number of nitrogens with one attached hydrogen (secondary N) is 1. The van der Waals surface area contributed by atoms with Crippen molar-refractivity contribution in [2.45, 2.75) is 55.4 Å². The normalized spacial score (nSPS) is 7.62. The average molecular weight is 463 g/mol. The van der Waals surface area contributed by atoms with E-state index in [-0.39, 0.29) is 5.70 Å². The van der Waals surface area contributed by atoms with Crippen molar-refractivity contribution in [2.24, 2.45) is 17.6 Å². The first-order valence-electron chi connectivity index (χ1n) is 9.75. The summed E-state index contributed by atoms with van der Waals surface area (Å²) in [4.78, 5) is 26.4. The van der Waals surface area contributed by atoms with Crippen molar-refractivity contribution in [1.82, 2.24) is 5.32 Å². The molecule has 0 radical (unpaired) electrons. The third kappa shape index (κ3) is 227. The lowest BCUT2D eigenvalue weighted by Gasteiger charge is -1.90. The summed E-state index contributed by atoms with van der Waals surface area (Å²) in [6.07, 6.45) is -3.17. The molecule has 7 N–H and O–H groups in total. The number of rotatable bonds is 1. The van der Waals surface area contributed by atoms with Crippen LogP contribution in [0.1, 0.15) is 52.7 Å². The van der Waals surface area contributed by atoms with Gasteiger partial charge in [-0.15, -0.1) is 0 Å². The molecule has 1 rings (SSSR count). The Labute approximate surface area is 194 Å². The van der Waals surface area contributed by atoms with Gasteiger partial charge >= 0.3 is 12.3 Å². The Morgan fingerprint density at radius 2 is 0.906 bits per heavy atom. The molecular weight excluding hydrogens is 416 g/mol. The Kier molecular flexibility index (Phi) is 47.4. The maximum absolute atomic E-state index is 9.28. The summed E-state index contributed by atoms with van der Waals surface area (Å²) in [6, 6.07) is 8.48. The molecule has 1 aromatic carbocycles. The van der Waals surface area contributed by atoms with Gasteiger partial charge in [-0.05, 0) is 39.8 Å². The highest BCUT2D eigenvalue weighted by Gasteiger charge is 1.79. The second-order valence-electron chi connectivity index (χ2n) is 7.38. The summed E-state index contributed by atoms with van der Waals surface area (Å²) in [5, 5.41) is 30.6. The van der Waals surface area contributed by atoms with Gasteiger partial charge in [0.25, 0.3) is 0 Å². The fraction of sp³-hybridized carbons (Fsp3) is 0.522. The fourth-order valence-electron chi connectivity index (χ4n) is 0.637. The van der Waals surface area contributed by atoms with Gasteiger partial charge in [-0.1, -0.05) is 83.5 Å². The summed E-state index contributed by atoms with van der Waals surface area (Å²) < 4.78 is 0. The number of carboxylic acid groups (broad SMARTS) is 4. The Morgan fingerprint density at radius 1 is 0.812 bits per heavy atom. The van der Waals surface area contributed by atoms with E-state index in [0.717, 1.165) is 11.8 Å². The van der Waals surface area contributed by atoms with Crippen LogP contribution in [0.3, 0.4) is 0 Å². The number of carbonyl (C=O) groups is 3. The van der Waals surface area contributed by atoms with E-state index in [1.165, 1.54) is 11.1 Å². The van der Waals surface area contributed by atoms with Crippen LogP contribution in [0, 0.1) is 25.7 Å². The molecule has 0 bridgehead atoms. The molecule has 1 aromatic rings. The molecule has 190 valence electrons. The van der Waals surface area contributed by atoms with Gasteiger partial charge in [-0.25, -0.2) is 9.59 Å². The van der Waals surface area contributed by atoms with Crippen molar-refractivity contribution < 1.29 is 34.8 Å². The maximum atomic E-state index is 9.28. The summed E-state index contributed by atoms with van der Waals surface area (Å²) in [6.45, 7) is 20.3. The predicted molar refractivity (Wildman–Crippen MR) is 133 cm³/mol. The molecule has 0 spiro atoms. The van der Waals surface area contributed by atoms with Gasteiger partial charge in [0.2, 0.25) is 0 Å². The van der Waals surface area contributed by atoms with Crippen LogP contribution in [0.4, 0.5) is 9.59 Å². The minimum absolute atomic E-state index is 0.0741. The summed E-state index contributed by atoms with van der Waals surface area (Å²) >= 11 is 0. The first-order chi connectivity index (χ1) is 14.4. The molecule has 9 nitrogen and oxygen atoms in total. The van der Waals surface area contributed by atoms with E-state index in [1.807, 2.05) is 14.1 Å². The zero-order chi connectivity index (χ0) is 27.3. The van der Waals surface area contributed by atoms with E-state index in [9.17, 15) is 4.79 Å². The number of benzene rings is 1. The molecule has 0 saturated heterocycles. The molecule has 0 heterocycles. The van der Waals surface area contributed by atoms with Crippen LogP contribution in [0.15, 0.2) is 36.5 Å². The highest BCUT2D eigenvalue weighted by atomic mass is 16.6. The molecule has 0 amide bonds. The van der Waals surface area contributed by atoms with Crippen molar-refractivity contribution in [3.05, 3.63) is 47.7 Å². The first kappa shape index (κ1) is 42.9. The molecule has 0 atom stereocenters. The summed E-state index contributed by atoms with van der Waals surface area (Å²) in [5.74, 6) is 1.67. The number of aldehydes is 1. The van der Waals surface area contributed by atoms with E-state index < -0.39 is 12.3 Å². The van der Waals surface area contributed by atoms with Crippen molar-refractivity contribution in [1.29, 1.82) is 0 Å². The largest absolute Gasteiger partial charge is 0.503 e. The second kappa shape index (κ2) is 35.4. The van der Waals surface area contributed by atoms with Crippen molar-refractivity contribution in [3.63, 3.8) is 0 Å². The first-order valence-corrected chi connectivity index (χ1v) is 9.75. The quantitative estimate of drug-likeness (QED) is 0.231. The number of hydrogen-bond donors (Lipinski definition) is 6. The van der Waals surface area contributed by atoms with Gasteiger partial charge in [-0.2, -0.15) is 0 Å². The lowest BCUT2D eigenvalue weighted by molar-refractivity contribution is -0.104. The molecule has 0 saturated carbocycles. The molecular formula is C23H46N2O7. The van der Waals surface area contributed by atoms with Crippen LogP contribution < -0.4 is 11.1 Å². The van der Waals surface area contributed by atoms with Crippen LogP contribution in [0.5, 0.6) is 0 Å². The Hall–Kier alpha value is -3.07. The molecule has 0 aliphatic rings. The number of allylic oxidation sites excluding steroid dienone is 1. The topological polar surface area (TPSA) is 170 Å². The zero-order valence-electron chi connectivity index (χ0n) is 21.3. The van der Waals surface area contributed by atoms with Gasteiger partial charge in [0.05, 0.1) is 5.70 Å². The van der Waals surface area contributed by atoms with Gasteiger partial charge < -0.3 is 31.5 Å². The minimum Gasteiger partial charge on any atom is -0.450 e.